The fourth-order valence-corrected chi connectivity index (χ4v) is 3.87. The second kappa shape index (κ2) is 8.19. The maximum Gasteiger partial charge on any atom is 0.227 e. The van der Waals surface area contributed by atoms with E-state index in [0.29, 0.717) is 43.6 Å². The van der Waals surface area contributed by atoms with Crippen molar-refractivity contribution in [2.24, 2.45) is 5.92 Å². The molecule has 0 atom stereocenters. The molecule has 0 unspecified atom stereocenters. The van der Waals surface area contributed by atoms with Gasteiger partial charge in [-0.2, -0.15) is 5.26 Å². The summed E-state index contributed by atoms with van der Waals surface area (Å²) in [4.78, 5) is 30.4. The van der Waals surface area contributed by atoms with Crippen molar-refractivity contribution in [2.75, 3.05) is 18.4 Å². The number of fused-ring (bicyclic) bond motifs is 1. The number of hydrogen-bond donors (Lipinski definition) is 2. The molecular formula is C23H22N4O2. The minimum absolute atomic E-state index is 0.0865. The number of hydrogen-bond acceptors (Lipinski definition) is 3. The van der Waals surface area contributed by atoms with E-state index in [4.69, 9.17) is 5.26 Å². The van der Waals surface area contributed by atoms with Gasteiger partial charge in [0.1, 0.15) is 6.07 Å². The summed E-state index contributed by atoms with van der Waals surface area (Å²) in [6.45, 7) is 1.14. The number of aromatic amines is 1. The average Bonchev–Trinajstić information content (AvgIpc) is 3.17. The van der Waals surface area contributed by atoms with Crippen LogP contribution in [0.25, 0.3) is 10.9 Å². The number of likely N-dealkylation sites (tertiary alicyclic amines) is 1. The van der Waals surface area contributed by atoms with Crippen LogP contribution in [0.1, 0.15) is 24.0 Å². The lowest BCUT2D eigenvalue weighted by molar-refractivity contribution is -0.133. The highest BCUT2D eigenvalue weighted by Crippen LogP contribution is 2.23. The van der Waals surface area contributed by atoms with Crippen LogP contribution in [-0.2, 0) is 16.0 Å². The van der Waals surface area contributed by atoms with Crippen molar-refractivity contribution in [1.29, 1.82) is 5.26 Å². The Bertz CT molecular complexity index is 1090. The maximum absolute atomic E-state index is 12.7. The number of nitriles is 1. The number of carbonyl (C=O) groups is 2. The van der Waals surface area contributed by atoms with Crippen molar-refractivity contribution in [1.82, 2.24) is 9.88 Å². The fourth-order valence-electron chi connectivity index (χ4n) is 3.87. The highest BCUT2D eigenvalue weighted by atomic mass is 16.2. The first-order valence-corrected chi connectivity index (χ1v) is 9.78. The van der Waals surface area contributed by atoms with E-state index >= 15 is 0 Å². The number of carbonyl (C=O) groups excluding carboxylic acids is 2. The molecular weight excluding hydrogens is 364 g/mol. The highest BCUT2D eigenvalue weighted by Gasteiger charge is 2.28. The minimum Gasteiger partial charge on any atom is -0.361 e. The quantitative estimate of drug-likeness (QED) is 0.720. The first-order valence-electron chi connectivity index (χ1n) is 9.78. The van der Waals surface area contributed by atoms with Crippen molar-refractivity contribution in [2.45, 2.75) is 19.3 Å². The van der Waals surface area contributed by atoms with Crippen LogP contribution in [0.3, 0.4) is 0 Å². The zero-order valence-electron chi connectivity index (χ0n) is 16.0. The summed E-state index contributed by atoms with van der Waals surface area (Å²) in [5.74, 6) is -0.154. The third-order valence-corrected chi connectivity index (χ3v) is 5.54. The van der Waals surface area contributed by atoms with E-state index in [2.05, 4.69) is 16.4 Å². The predicted octanol–water partition coefficient (Wildman–Crippen LogP) is 3.46. The minimum atomic E-state index is -0.154. The van der Waals surface area contributed by atoms with E-state index in [1.54, 1.807) is 24.3 Å². The first kappa shape index (κ1) is 18.8. The van der Waals surface area contributed by atoms with E-state index < -0.39 is 0 Å². The third kappa shape index (κ3) is 3.99. The molecule has 6 nitrogen and oxygen atoms in total. The Morgan fingerprint density at radius 1 is 1.10 bits per heavy atom. The molecule has 0 bridgehead atoms. The molecule has 0 saturated carbocycles. The Labute approximate surface area is 169 Å². The van der Waals surface area contributed by atoms with E-state index in [-0.39, 0.29) is 17.7 Å². The third-order valence-electron chi connectivity index (χ3n) is 5.54. The first-order chi connectivity index (χ1) is 14.2. The summed E-state index contributed by atoms with van der Waals surface area (Å²) < 4.78 is 0. The van der Waals surface area contributed by atoms with Crippen molar-refractivity contribution in [3.05, 3.63) is 65.9 Å². The molecule has 29 heavy (non-hydrogen) atoms. The Kier molecular flexibility index (Phi) is 5.30. The number of rotatable bonds is 4. The van der Waals surface area contributed by atoms with Gasteiger partial charge >= 0.3 is 0 Å². The fraction of sp³-hybridized carbons (Fsp3) is 0.261. The lowest BCUT2D eigenvalue weighted by Crippen LogP contribution is -2.42. The SMILES string of the molecule is N#Cc1ccccc1NC(=O)C1CCN(C(=O)Cc2c[nH]c3ccccc23)CC1. The van der Waals surface area contributed by atoms with Gasteiger partial charge in [-0.3, -0.25) is 9.59 Å². The largest absolute Gasteiger partial charge is 0.361 e. The Hall–Kier alpha value is -3.59. The van der Waals surface area contributed by atoms with Crippen molar-refractivity contribution in [3.8, 4) is 6.07 Å². The number of amides is 2. The van der Waals surface area contributed by atoms with Gasteiger partial charge in [-0.15, -0.1) is 0 Å². The molecule has 4 rings (SSSR count). The second-order valence-corrected chi connectivity index (χ2v) is 7.34. The number of nitrogens with one attached hydrogen (secondary N) is 2. The Balaban J connectivity index is 1.33. The van der Waals surface area contributed by atoms with Gasteiger partial charge in [0.05, 0.1) is 17.7 Å². The van der Waals surface area contributed by atoms with Gasteiger partial charge < -0.3 is 15.2 Å². The van der Waals surface area contributed by atoms with Gasteiger partial charge in [0.2, 0.25) is 11.8 Å². The Morgan fingerprint density at radius 2 is 1.83 bits per heavy atom. The van der Waals surface area contributed by atoms with Gasteiger partial charge in [-0.25, -0.2) is 0 Å². The number of H-pyrrole nitrogens is 1. The van der Waals surface area contributed by atoms with Gasteiger partial charge in [-0.05, 0) is 36.6 Å². The van der Waals surface area contributed by atoms with Crippen LogP contribution in [-0.4, -0.2) is 34.8 Å². The molecule has 0 spiro atoms. The molecule has 3 aromatic rings. The summed E-state index contributed by atoms with van der Waals surface area (Å²) in [5, 5.41) is 13.1. The molecule has 0 aliphatic carbocycles. The summed E-state index contributed by atoms with van der Waals surface area (Å²) in [7, 11) is 0. The van der Waals surface area contributed by atoms with Crippen LogP contribution in [0.15, 0.2) is 54.7 Å². The normalized spacial score (nSPS) is 14.5. The summed E-state index contributed by atoms with van der Waals surface area (Å²) >= 11 is 0. The summed E-state index contributed by atoms with van der Waals surface area (Å²) in [6.07, 6.45) is 3.51. The van der Waals surface area contributed by atoms with Crippen LogP contribution in [0.2, 0.25) is 0 Å². The number of nitrogens with zero attached hydrogens (tertiary/aromatic N) is 2. The van der Waals surface area contributed by atoms with Gasteiger partial charge in [-0.1, -0.05) is 30.3 Å². The average molecular weight is 386 g/mol. The highest BCUT2D eigenvalue weighted by molar-refractivity contribution is 5.94. The molecule has 0 radical (unpaired) electrons. The summed E-state index contributed by atoms with van der Waals surface area (Å²) in [6, 6.07) is 17.0. The van der Waals surface area contributed by atoms with Crippen LogP contribution >= 0.6 is 0 Å². The number of benzene rings is 2. The second-order valence-electron chi connectivity index (χ2n) is 7.34. The molecule has 1 fully saturated rings. The number of aromatic nitrogens is 1. The summed E-state index contributed by atoms with van der Waals surface area (Å²) in [5.41, 5.74) is 3.02. The van der Waals surface area contributed by atoms with Crippen LogP contribution in [0, 0.1) is 17.2 Å². The zero-order valence-corrected chi connectivity index (χ0v) is 16.0. The lowest BCUT2D eigenvalue weighted by Gasteiger charge is -2.31. The molecule has 2 N–H and O–H groups in total. The lowest BCUT2D eigenvalue weighted by atomic mass is 9.95. The molecule has 1 saturated heterocycles. The van der Waals surface area contributed by atoms with Gasteiger partial charge in [0.15, 0.2) is 0 Å². The van der Waals surface area contributed by atoms with Gasteiger partial charge in [0.25, 0.3) is 0 Å². The van der Waals surface area contributed by atoms with Crippen molar-refractivity contribution >= 4 is 28.4 Å². The Morgan fingerprint density at radius 3 is 2.62 bits per heavy atom. The molecule has 1 aliphatic heterocycles. The monoisotopic (exact) mass is 386 g/mol. The molecule has 2 heterocycles. The van der Waals surface area contributed by atoms with E-state index in [9.17, 15) is 9.59 Å². The predicted molar refractivity (Wildman–Crippen MR) is 111 cm³/mol. The van der Waals surface area contributed by atoms with E-state index in [1.807, 2.05) is 35.4 Å². The maximum atomic E-state index is 12.7. The molecule has 6 heteroatoms. The number of piperidine rings is 1. The van der Waals surface area contributed by atoms with Crippen molar-refractivity contribution in [3.63, 3.8) is 0 Å². The molecule has 1 aliphatic rings. The van der Waals surface area contributed by atoms with Crippen LogP contribution < -0.4 is 5.32 Å². The molecule has 146 valence electrons. The molecule has 1 aromatic heterocycles. The van der Waals surface area contributed by atoms with E-state index in [0.717, 1.165) is 16.5 Å². The number of anilines is 1. The van der Waals surface area contributed by atoms with E-state index in [1.165, 1.54) is 0 Å². The van der Waals surface area contributed by atoms with Crippen LogP contribution in [0.4, 0.5) is 5.69 Å². The topological polar surface area (TPSA) is 89.0 Å². The molecule has 2 amide bonds. The van der Waals surface area contributed by atoms with Crippen molar-refractivity contribution < 1.29 is 9.59 Å². The number of para-hydroxylation sites is 2. The standard InChI is InChI=1S/C23H22N4O2/c24-14-17-5-1-3-7-20(17)26-23(29)16-9-11-27(12-10-16)22(28)13-18-15-25-21-8-4-2-6-19(18)21/h1-8,15-16,25H,9-13H2,(H,26,29). The van der Waals surface area contributed by atoms with Crippen LogP contribution in [0.5, 0.6) is 0 Å². The van der Waals surface area contributed by atoms with Gasteiger partial charge in [0, 0.05) is 36.1 Å². The smallest absolute Gasteiger partial charge is 0.227 e. The molecule has 2 aromatic carbocycles. The zero-order chi connectivity index (χ0) is 20.2.